The van der Waals surface area contributed by atoms with Crippen LogP contribution in [-0.4, -0.2) is 17.4 Å². The van der Waals surface area contributed by atoms with Crippen molar-refractivity contribution in [2.24, 2.45) is 13.0 Å². The molecule has 0 radical (unpaired) electrons. The van der Waals surface area contributed by atoms with Crippen LogP contribution in [0, 0.1) is 18.3 Å². The summed E-state index contributed by atoms with van der Waals surface area (Å²) in [6, 6.07) is 7.92. The predicted octanol–water partition coefficient (Wildman–Crippen LogP) is 3.54. The topological polar surface area (TPSA) is 31.2 Å². The van der Waals surface area contributed by atoms with Crippen LogP contribution in [0.4, 0.5) is 0 Å². The second-order valence-corrected chi connectivity index (χ2v) is 6.70. The quantitative estimate of drug-likeness (QED) is 0.622. The molecule has 0 atom stereocenters. The van der Waals surface area contributed by atoms with Crippen LogP contribution in [0.5, 0.6) is 5.75 Å². The molecule has 4 heteroatoms. The van der Waals surface area contributed by atoms with E-state index in [2.05, 4.69) is 18.1 Å². The van der Waals surface area contributed by atoms with E-state index < -0.39 is 0 Å². The molecule has 0 amide bonds. The van der Waals surface area contributed by atoms with E-state index >= 15 is 0 Å². The number of hydrogen-bond donors (Lipinski definition) is 0. The fourth-order valence-corrected chi connectivity index (χ4v) is 2.88. The normalized spacial score (nSPS) is 13.6. The highest BCUT2D eigenvalue weighted by Crippen LogP contribution is 2.36. The number of hydrogen-bond acceptors (Lipinski definition) is 3. The highest BCUT2D eigenvalue weighted by molar-refractivity contribution is 7.98. The molecule has 0 aliphatic heterocycles. The smallest absolute Gasteiger partial charge is 0.266 e. The van der Waals surface area contributed by atoms with Gasteiger partial charge in [-0.25, -0.2) is 0 Å². The van der Waals surface area contributed by atoms with Crippen molar-refractivity contribution in [3.63, 3.8) is 0 Å². The zero-order chi connectivity index (χ0) is 16.4. The maximum absolute atomic E-state index is 12.0. The van der Waals surface area contributed by atoms with Gasteiger partial charge in [0.05, 0.1) is 12.2 Å². The van der Waals surface area contributed by atoms with Gasteiger partial charge in [0.25, 0.3) is 5.56 Å². The molecule has 0 N–H and O–H groups in total. The van der Waals surface area contributed by atoms with Crippen molar-refractivity contribution in [1.29, 1.82) is 0 Å². The zero-order valence-electron chi connectivity index (χ0n) is 13.3. The van der Waals surface area contributed by atoms with Crippen LogP contribution in [0.2, 0.25) is 0 Å². The minimum absolute atomic E-state index is 0.155. The van der Waals surface area contributed by atoms with E-state index in [9.17, 15) is 4.79 Å². The van der Waals surface area contributed by atoms with E-state index in [-0.39, 0.29) is 5.56 Å². The number of thioether (sulfide) groups is 1. The molecule has 118 valence electrons. The third-order valence-corrected chi connectivity index (χ3v) is 4.73. The molecule has 1 heterocycles. The fraction of sp³-hybridized carbons (Fsp3) is 0.316. The molecule has 3 nitrogen and oxygen atoms in total. The van der Waals surface area contributed by atoms with Gasteiger partial charge in [-0.15, -0.1) is 18.2 Å². The lowest BCUT2D eigenvalue weighted by Crippen LogP contribution is -2.19. The van der Waals surface area contributed by atoms with Crippen LogP contribution in [0.1, 0.15) is 18.4 Å². The maximum atomic E-state index is 12.0. The van der Waals surface area contributed by atoms with E-state index in [1.807, 2.05) is 18.5 Å². The molecule has 3 rings (SSSR count). The number of ether oxygens (including phenoxy) is 1. The third-order valence-electron chi connectivity index (χ3n) is 4.01. The van der Waals surface area contributed by atoms with E-state index in [0.29, 0.717) is 11.5 Å². The van der Waals surface area contributed by atoms with E-state index in [1.165, 1.54) is 17.4 Å². The van der Waals surface area contributed by atoms with Crippen molar-refractivity contribution in [1.82, 2.24) is 4.57 Å². The van der Waals surface area contributed by atoms with Crippen molar-refractivity contribution in [2.45, 2.75) is 17.7 Å². The van der Waals surface area contributed by atoms with Gasteiger partial charge < -0.3 is 9.30 Å². The first-order valence-electron chi connectivity index (χ1n) is 7.61. The molecule has 23 heavy (non-hydrogen) atoms. The predicted molar refractivity (Wildman–Crippen MR) is 95.1 cm³/mol. The first-order valence-corrected chi connectivity index (χ1v) is 8.83. The van der Waals surface area contributed by atoms with Gasteiger partial charge in [0.2, 0.25) is 0 Å². The van der Waals surface area contributed by atoms with Crippen LogP contribution in [-0.2, 0) is 7.05 Å². The molecule has 1 aromatic carbocycles. The number of aryl methyl sites for hydroxylation is 1. The zero-order valence-corrected chi connectivity index (χ0v) is 14.2. The largest absolute Gasteiger partial charge is 0.493 e. The van der Waals surface area contributed by atoms with Gasteiger partial charge in [-0.2, -0.15) is 0 Å². The summed E-state index contributed by atoms with van der Waals surface area (Å²) in [6.07, 6.45) is 11.8. The third kappa shape index (κ3) is 3.46. The summed E-state index contributed by atoms with van der Waals surface area (Å²) in [5.41, 5.74) is 2.09. The molecule has 0 bridgehead atoms. The van der Waals surface area contributed by atoms with Crippen LogP contribution in [0.25, 0.3) is 11.1 Å². The second-order valence-electron chi connectivity index (χ2n) is 5.82. The molecule has 0 unspecified atom stereocenters. The van der Waals surface area contributed by atoms with Crippen molar-refractivity contribution in [3.05, 3.63) is 46.4 Å². The Morgan fingerprint density at radius 3 is 2.83 bits per heavy atom. The van der Waals surface area contributed by atoms with E-state index in [0.717, 1.165) is 28.4 Å². The minimum atomic E-state index is -0.155. The molecule has 1 aliphatic carbocycles. The van der Waals surface area contributed by atoms with Crippen molar-refractivity contribution in [2.75, 3.05) is 12.9 Å². The average molecular weight is 325 g/mol. The fourth-order valence-electron chi connectivity index (χ4n) is 2.44. The summed E-state index contributed by atoms with van der Waals surface area (Å²) in [7, 11) is 1.72. The molecular formula is C19H19NO2S. The number of pyridine rings is 1. The first kappa shape index (κ1) is 15.8. The molecule has 1 aromatic heterocycles. The highest BCUT2D eigenvalue weighted by Gasteiger charge is 2.22. The lowest BCUT2D eigenvalue weighted by Gasteiger charge is -2.14. The molecule has 1 fully saturated rings. The van der Waals surface area contributed by atoms with Crippen molar-refractivity contribution in [3.8, 4) is 29.2 Å². The highest BCUT2D eigenvalue weighted by atomic mass is 32.2. The second kappa shape index (κ2) is 6.55. The van der Waals surface area contributed by atoms with Crippen LogP contribution >= 0.6 is 11.8 Å². The Morgan fingerprint density at radius 2 is 2.17 bits per heavy atom. The number of nitrogens with zero attached hydrogens (tertiary/aromatic N) is 1. The summed E-state index contributed by atoms with van der Waals surface area (Å²) < 4.78 is 7.54. The lowest BCUT2D eigenvalue weighted by atomic mass is 10.0. The van der Waals surface area contributed by atoms with Gasteiger partial charge in [0.15, 0.2) is 0 Å². The van der Waals surface area contributed by atoms with Crippen molar-refractivity contribution < 1.29 is 4.74 Å². The minimum Gasteiger partial charge on any atom is -0.493 e. The van der Waals surface area contributed by atoms with E-state index in [4.69, 9.17) is 11.2 Å². The molecule has 1 saturated carbocycles. The van der Waals surface area contributed by atoms with Crippen molar-refractivity contribution >= 4 is 11.8 Å². The Hall–Kier alpha value is -2.12. The maximum Gasteiger partial charge on any atom is 0.266 e. The van der Waals surface area contributed by atoms with Crippen LogP contribution < -0.4 is 10.3 Å². The molecule has 0 saturated heterocycles. The van der Waals surface area contributed by atoms with Gasteiger partial charge in [-0.1, -0.05) is 5.92 Å². The standard InChI is InChI=1S/C19H19NO2S/c1-4-14-9-15(11-20(2)19(14)21)17-10-16(23-3)7-8-18(17)22-12-13-5-6-13/h1,7-11,13H,5-6,12H2,2-3H3. The Labute approximate surface area is 140 Å². The molecule has 1 aliphatic rings. The first-order chi connectivity index (χ1) is 11.1. The number of benzene rings is 1. The molecular weight excluding hydrogens is 306 g/mol. The number of rotatable bonds is 5. The summed E-state index contributed by atoms with van der Waals surface area (Å²) in [5, 5.41) is 0. The Morgan fingerprint density at radius 1 is 1.39 bits per heavy atom. The van der Waals surface area contributed by atoms with E-state index in [1.54, 1.807) is 24.9 Å². The summed E-state index contributed by atoms with van der Waals surface area (Å²) in [4.78, 5) is 13.1. The summed E-state index contributed by atoms with van der Waals surface area (Å²) in [5.74, 6) is 4.00. The SMILES string of the molecule is C#Cc1cc(-c2cc(SC)ccc2OCC2CC2)cn(C)c1=O. The van der Waals surface area contributed by atoms with Crippen LogP contribution in [0.15, 0.2) is 40.2 Å². The van der Waals surface area contributed by atoms with Gasteiger partial charge in [0.1, 0.15) is 5.75 Å². The Balaban J connectivity index is 2.07. The van der Waals surface area contributed by atoms with Crippen LogP contribution in [0.3, 0.4) is 0 Å². The number of terminal acetylenes is 1. The number of aromatic nitrogens is 1. The Kier molecular flexibility index (Phi) is 4.49. The lowest BCUT2D eigenvalue weighted by molar-refractivity contribution is 0.301. The van der Waals surface area contributed by atoms with Gasteiger partial charge in [-0.05, 0) is 49.3 Å². The molecule has 2 aromatic rings. The van der Waals surface area contributed by atoms with Gasteiger partial charge in [-0.3, -0.25) is 4.79 Å². The van der Waals surface area contributed by atoms with Gasteiger partial charge >= 0.3 is 0 Å². The Bertz CT molecular complexity index is 828. The van der Waals surface area contributed by atoms with Gasteiger partial charge in [0, 0.05) is 29.3 Å². The monoisotopic (exact) mass is 325 g/mol. The average Bonchev–Trinajstić information content (AvgIpc) is 3.39. The molecule has 0 spiro atoms. The summed E-state index contributed by atoms with van der Waals surface area (Å²) >= 11 is 1.68. The summed E-state index contributed by atoms with van der Waals surface area (Å²) in [6.45, 7) is 0.749.